The molecule has 0 aromatic rings. The van der Waals surface area contributed by atoms with Gasteiger partial charge in [-0.2, -0.15) is 0 Å². The second-order valence-corrected chi connectivity index (χ2v) is 14.1. The second kappa shape index (κ2) is 35.3. The van der Waals surface area contributed by atoms with Crippen LogP contribution in [0.1, 0.15) is 149 Å². The van der Waals surface area contributed by atoms with Crippen molar-refractivity contribution in [2.24, 2.45) is 5.73 Å². The number of hydrogen-bond acceptors (Lipinski definition) is 9. The van der Waals surface area contributed by atoms with Crippen LogP contribution in [-0.2, 0) is 32.7 Å². The number of nitrogens with two attached hydrogens (primary N) is 1. The van der Waals surface area contributed by atoms with Crippen molar-refractivity contribution in [3.05, 3.63) is 48.6 Å². The predicted octanol–water partition coefficient (Wildman–Crippen LogP) is 9.35. The normalized spacial score (nSPS) is 14.6. The van der Waals surface area contributed by atoms with Gasteiger partial charge in [-0.1, -0.05) is 140 Å². The van der Waals surface area contributed by atoms with E-state index in [2.05, 4.69) is 19.9 Å². The lowest BCUT2D eigenvalue weighted by Crippen LogP contribution is -2.29. The first kappa shape index (κ1) is 47.9. The van der Waals surface area contributed by atoms with Gasteiger partial charge in [0.25, 0.3) is 0 Å². The molecular weight excluding hydrogens is 657 g/mol. The van der Waals surface area contributed by atoms with Gasteiger partial charge < -0.3 is 25.2 Å². The third-order valence-corrected chi connectivity index (χ3v) is 8.78. The zero-order valence-electron chi connectivity index (χ0n) is 31.2. The molecule has 290 valence electrons. The van der Waals surface area contributed by atoms with Gasteiger partial charge in [0, 0.05) is 19.4 Å². The Morgan fingerprint density at radius 1 is 0.700 bits per heavy atom. The summed E-state index contributed by atoms with van der Waals surface area (Å²) < 4.78 is 32.5. The minimum Gasteiger partial charge on any atom is -0.462 e. The van der Waals surface area contributed by atoms with Crippen LogP contribution in [0.5, 0.6) is 0 Å². The molecular formula is C39H70NO9P. The van der Waals surface area contributed by atoms with Crippen LogP contribution in [-0.4, -0.2) is 60.5 Å². The lowest BCUT2D eigenvalue weighted by molar-refractivity contribution is -0.161. The first-order valence-corrected chi connectivity index (χ1v) is 20.7. The molecule has 0 aromatic heterocycles. The lowest BCUT2D eigenvalue weighted by Gasteiger charge is -2.19. The number of aliphatic hydroxyl groups is 1. The maximum Gasteiger partial charge on any atom is 0.472 e. The summed E-state index contributed by atoms with van der Waals surface area (Å²) in [4.78, 5) is 34.7. The average molecular weight is 728 g/mol. The maximum atomic E-state index is 12.5. The van der Waals surface area contributed by atoms with Crippen LogP contribution in [0.3, 0.4) is 0 Å². The Hall–Kier alpha value is -2.07. The van der Waals surface area contributed by atoms with E-state index in [9.17, 15) is 24.2 Å². The van der Waals surface area contributed by atoms with Crippen molar-refractivity contribution in [2.45, 2.75) is 161 Å². The number of carbonyl (C=O) groups excluding carboxylic acids is 2. The van der Waals surface area contributed by atoms with Crippen LogP contribution >= 0.6 is 7.82 Å². The minimum absolute atomic E-state index is 0.0360. The molecule has 3 atom stereocenters. The quantitative estimate of drug-likeness (QED) is 0.0189. The number of carbonyl (C=O) groups is 2. The van der Waals surface area contributed by atoms with Gasteiger partial charge >= 0.3 is 19.8 Å². The topological polar surface area (TPSA) is 155 Å². The molecule has 0 amide bonds. The summed E-state index contributed by atoms with van der Waals surface area (Å²) in [7, 11) is -4.40. The second-order valence-electron chi connectivity index (χ2n) is 12.6. The Kier molecular flexibility index (Phi) is 33.9. The Morgan fingerprint density at radius 3 is 1.98 bits per heavy atom. The smallest absolute Gasteiger partial charge is 0.462 e. The summed E-state index contributed by atoms with van der Waals surface area (Å²) in [5.41, 5.74) is 5.32. The van der Waals surface area contributed by atoms with Crippen LogP contribution in [0.15, 0.2) is 48.6 Å². The number of esters is 2. The van der Waals surface area contributed by atoms with E-state index in [-0.39, 0.29) is 32.6 Å². The minimum atomic E-state index is -4.40. The van der Waals surface area contributed by atoms with Gasteiger partial charge in [0.05, 0.1) is 19.3 Å². The van der Waals surface area contributed by atoms with Gasteiger partial charge in [0.2, 0.25) is 0 Å². The van der Waals surface area contributed by atoms with E-state index in [1.807, 2.05) is 36.5 Å². The Labute approximate surface area is 303 Å². The first-order valence-electron chi connectivity index (χ1n) is 19.2. The monoisotopic (exact) mass is 727 g/mol. The Balaban J connectivity index is 4.38. The largest absolute Gasteiger partial charge is 0.472 e. The van der Waals surface area contributed by atoms with E-state index in [0.717, 1.165) is 32.1 Å². The van der Waals surface area contributed by atoms with Crippen LogP contribution in [0, 0.1) is 0 Å². The molecule has 0 fully saturated rings. The molecule has 0 saturated carbocycles. The third-order valence-electron chi connectivity index (χ3n) is 7.80. The molecule has 0 bridgehead atoms. The number of phosphoric ester groups is 1. The average Bonchev–Trinajstić information content (AvgIpc) is 3.09. The molecule has 11 heteroatoms. The Bertz CT molecular complexity index is 983. The summed E-state index contributed by atoms with van der Waals surface area (Å²) in [6.07, 6.45) is 34.6. The van der Waals surface area contributed by atoms with Crippen molar-refractivity contribution in [1.82, 2.24) is 0 Å². The standard InChI is InChI=1S/C39H70NO9P/c1-3-5-7-9-11-12-13-14-18-23-27-31-39(43)49-37(35-48-50(44,45)47-33-32-40)34-46-38(42)30-26-22-19-15-17-21-25-29-36(41)28-24-20-16-10-8-6-4-2/h15-16,19-21,24-25,28,36-37,41H,3-14,17-18,22-23,26-27,29-35,40H2,1-2H3,(H,44,45)/b19-15+,20-16-,25-21-,28-24-/t36-,37-/m1/s1. The van der Waals surface area contributed by atoms with Crippen LogP contribution in [0.2, 0.25) is 0 Å². The van der Waals surface area contributed by atoms with E-state index < -0.39 is 38.6 Å². The first-order chi connectivity index (χ1) is 24.2. The highest BCUT2D eigenvalue weighted by Crippen LogP contribution is 2.43. The van der Waals surface area contributed by atoms with Gasteiger partial charge in [-0.05, 0) is 44.9 Å². The summed E-state index contributed by atoms with van der Waals surface area (Å²) in [6.45, 7) is 3.51. The van der Waals surface area contributed by atoms with Crippen molar-refractivity contribution in [2.75, 3.05) is 26.4 Å². The van der Waals surface area contributed by atoms with Gasteiger partial charge in [-0.15, -0.1) is 0 Å². The molecule has 0 aliphatic heterocycles. The summed E-state index contributed by atoms with van der Waals surface area (Å²) in [6, 6.07) is 0. The number of phosphoric acid groups is 1. The molecule has 0 saturated heterocycles. The van der Waals surface area contributed by atoms with E-state index in [4.69, 9.17) is 24.3 Å². The molecule has 0 radical (unpaired) electrons. The third kappa shape index (κ3) is 34.4. The zero-order chi connectivity index (χ0) is 37.0. The molecule has 0 aliphatic carbocycles. The molecule has 1 unspecified atom stereocenters. The van der Waals surface area contributed by atoms with Gasteiger partial charge in [-0.25, -0.2) is 4.57 Å². The highest BCUT2D eigenvalue weighted by molar-refractivity contribution is 7.47. The van der Waals surface area contributed by atoms with Gasteiger partial charge in [-0.3, -0.25) is 18.6 Å². The van der Waals surface area contributed by atoms with Gasteiger partial charge in [0.15, 0.2) is 6.10 Å². The number of unbranched alkanes of at least 4 members (excludes halogenated alkanes) is 14. The van der Waals surface area contributed by atoms with Crippen molar-refractivity contribution in [3.63, 3.8) is 0 Å². The fourth-order valence-electron chi connectivity index (χ4n) is 4.88. The van der Waals surface area contributed by atoms with Gasteiger partial charge in [0.1, 0.15) is 6.61 Å². The number of rotatable bonds is 35. The predicted molar refractivity (Wildman–Crippen MR) is 202 cm³/mol. The number of ether oxygens (including phenoxy) is 2. The van der Waals surface area contributed by atoms with Crippen molar-refractivity contribution < 1.29 is 42.7 Å². The molecule has 0 aromatic carbocycles. The molecule has 0 aliphatic rings. The van der Waals surface area contributed by atoms with Crippen molar-refractivity contribution >= 4 is 19.8 Å². The van der Waals surface area contributed by atoms with Crippen molar-refractivity contribution in [1.29, 1.82) is 0 Å². The number of allylic oxidation sites excluding steroid dienone is 6. The molecule has 0 heterocycles. The van der Waals surface area contributed by atoms with E-state index in [1.165, 1.54) is 64.2 Å². The van der Waals surface area contributed by atoms with Crippen LogP contribution < -0.4 is 5.73 Å². The summed E-state index contributed by atoms with van der Waals surface area (Å²) in [5.74, 6) is -0.939. The zero-order valence-corrected chi connectivity index (χ0v) is 32.1. The van der Waals surface area contributed by atoms with Crippen molar-refractivity contribution in [3.8, 4) is 0 Å². The molecule has 0 rings (SSSR count). The van der Waals surface area contributed by atoms with Crippen LogP contribution in [0.4, 0.5) is 0 Å². The van der Waals surface area contributed by atoms with E-state index in [0.29, 0.717) is 25.7 Å². The highest BCUT2D eigenvalue weighted by Gasteiger charge is 2.25. The lowest BCUT2D eigenvalue weighted by atomic mass is 10.1. The maximum absolute atomic E-state index is 12.5. The Morgan fingerprint density at radius 2 is 1.30 bits per heavy atom. The molecule has 0 spiro atoms. The molecule has 50 heavy (non-hydrogen) atoms. The summed E-state index contributed by atoms with van der Waals surface area (Å²) in [5, 5.41) is 10.0. The highest BCUT2D eigenvalue weighted by atomic mass is 31.2. The number of hydrogen-bond donors (Lipinski definition) is 3. The van der Waals surface area contributed by atoms with Crippen LogP contribution in [0.25, 0.3) is 0 Å². The molecule has 10 nitrogen and oxygen atoms in total. The fourth-order valence-corrected chi connectivity index (χ4v) is 5.65. The molecule has 4 N–H and O–H groups in total. The van der Waals surface area contributed by atoms with E-state index in [1.54, 1.807) is 6.08 Å². The summed E-state index contributed by atoms with van der Waals surface area (Å²) >= 11 is 0. The fraction of sp³-hybridized carbons (Fsp3) is 0.744. The van der Waals surface area contributed by atoms with E-state index >= 15 is 0 Å². The SMILES string of the molecule is CCCCC/C=C\C=C/[C@@H](O)C/C=C\C/C=C/CCCC(=O)OC[C@H](COP(=O)(O)OCCN)OC(=O)CCCCCCCCCCCCC. The number of aliphatic hydroxyl groups excluding tert-OH is 1.